The monoisotopic (exact) mass is 226 g/mol. The molecule has 94 valence electrons. The van der Waals surface area contributed by atoms with Crippen LogP contribution in [0.5, 0.6) is 0 Å². The molecule has 1 rings (SSSR count). The predicted molar refractivity (Wildman–Crippen MR) is 69.0 cm³/mol. The van der Waals surface area contributed by atoms with Gasteiger partial charge in [0.25, 0.3) is 0 Å². The molecule has 0 heterocycles. The second kappa shape index (κ2) is 6.09. The van der Waals surface area contributed by atoms with E-state index in [1.54, 1.807) is 0 Å². The van der Waals surface area contributed by atoms with E-state index in [1.807, 2.05) is 0 Å². The van der Waals surface area contributed by atoms with Crippen molar-refractivity contribution in [1.29, 1.82) is 0 Å². The zero-order valence-electron chi connectivity index (χ0n) is 11.0. The fourth-order valence-electron chi connectivity index (χ4n) is 1.68. The lowest BCUT2D eigenvalue weighted by Crippen LogP contribution is -2.47. The molecule has 0 spiro atoms. The first kappa shape index (κ1) is 13.3. The van der Waals surface area contributed by atoms with Crippen LogP contribution < -0.4 is 11.3 Å². The van der Waals surface area contributed by atoms with Crippen molar-refractivity contribution in [1.82, 2.24) is 10.3 Å². The van der Waals surface area contributed by atoms with Crippen LogP contribution in [0.3, 0.4) is 0 Å². The number of hydrogen-bond donors (Lipinski definition) is 2. The van der Waals surface area contributed by atoms with E-state index >= 15 is 0 Å². The summed E-state index contributed by atoms with van der Waals surface area (Å²) in [5, 5.41) is 0. The third-order valence-corrected chi connectivity index (χ3v) is 2.56. The summed E-state index contributed by atoms with van der Waals surface area (Å²) >= 11 is 0. The van der Waals surface area contributed by atoms with Gasteiger partial charge in [0.1, 0.15) is 0 Å². The van der Waals surface area contributed by atoms with Gasteiger partial charge in [-0.25, -0.2) is 5.84 Å². The Morgan fingerprint density at radius 3 is 2.31 bits per heavy atom. The zero-order chi connectivity index (χ0) is 12.1. The van der Waals surface area contributed by atoms with Crippen LogP contribution in [0.25, 0.3) is 0 Å². The second-order valence-electron chi connectivity index (χ2n) is 5.48. The van der Waals surface area contributed by atoms with Gasteiger partial charge in [0, 0.05) is 19.1 Å². The summed E-state index contributed by atoms with van der Waals surface area (Å²) in [6, 6.07) is 0.657. The van der Waals surface area contributed by atoms with Crippen LogP contribution in [0.4, 0.5) is 0 Å². The molecule has 0 unspecified atom stereocenters. The maximum absolute atomic E-state index is 5.58. The Kier molecular flexibility index (Phi) is 5.06. The first-order valence-corrected chi connectivity index (χ1v) is 6.32. The minimum atomic E-state index is 0.573. The van der Waals surface area contributed by atoms with Gasteiger partial charge >= 0.3 is 0 Å². The number of rotatable bonds is 5. The van der Waals surface area contributed by atoms with Gasteiger partial charge in [-0.2, -0.15) is 0 Å². The highest BCUT2D eigenvalue weighted by Crippen LogP contribution is 2.27. The molecule has 4 nitrogen and oxygen atoms in total. The Morgan fingerprint density at radius 1 is 1.31 bits per heavy atom. The number of hydrazine groups is 1. The van der Waals surface area contributed by atoms with Gasteiger partial charge in [0.15, 0.2) is 0 Å². The molecule has 0 aromatic carbocycles. The molecule has 0 aliphatic heterocycles. The van der Waals surface area contributed by atoms with Crippen molar-refractivity contribution in [2.45, 2.75) is 46.6 Å². The van der Waals surface area contributed by atoms with Crippen molar-refractivity contribution in [3.8, 4) is 0 Å². The summed E-state index contributed by atoms with van der Waals surface area (Å²) in [7, 11) is 0. The molecule has 0 aromatic heterocycles. The lowest BCUT2D eigenvalue weighted by molar-refractivity contribution is 0.344. The molecule has 1 saturated carbocycles. The summed E-state index contributed by atoms with van der Waals surface area (Å²) in [6.45, 7) is 10.7. The van der Waals surface area contributed by atoms with Crippen molar-refractivity contribution in [2.75, 3.05) is 13.1 Å². The lowest BCUT2D eigenvalue weighted by atomic mass is 10.2. The molecule has 1 fully saturated rings. The number of nitrogens with zero attached hydrogens (tertiary/aromatic N) is 2. The molecule has 1 aliphatic carbocycles. The molecule has 1 aliphatic rings. The molecular formula is C12H26N4. The van der Waals surface area contributed by atoms with Crippen LogP contribution in [-0.2, 0) is 0 Å². The van der Waals surface area contributed by atoms with Crippen molar-refractivity contribution in [3.63, 3.8) is 0 Å². The van der Waals surface area contributed by atoms with Gasteiger partial charge in [-0.1, -0.05) is 27.7 Å². The average molecular weight is 226 g/mol. The molecule has 0 radical (unpaired) electrons. The van der Waals surface area contributed by atoms with E-state index in [-0.39, 0.29) is 0 Å². The SMILES string of the molecule is CC(C)CN=C(NN)N(CC(C)C)C1CC1. The minimum absolute atomic E-state index is 0.573. The van der Waals surface area contributed by atoms with E-state index in [2.05, 4.69) is 43.0 Å². The van der Waals surface area contributed by atoms with Gasteiger partial charge in [0.05, 0.1) is 0 Å². The summed E-state index contributed by atoms with van der Waals surface area (Å²) in [5.74, 6) is 7.65. The van der Waals surface area contributed by atoms with Crippen molar-refractivity contribution in [3.05, 3.63) is 0 Å². The van der Waals surface area contributed by atoms with E-state index < -0.39 is 0 Å². The third kappa shape index (κ3) is 4.39. The Morgan fingerprint density at radius 2 is 1.94 bits per heavy atom. The fraction of sp³-hybridized carbons (Fsp3) is 0.917. The molecular weight excluding hydrogens is 200 g/mol. The third-order valence-electron chi connectivity index (χ3n) is 2.56. The topological polar surface area (TPSA) is 53.6 Å². The predicted octanol–water partition coefficient (Wildman–Crippen LogP) is 1.58. The van der Waals surface area contributed by atoms with Crippen LogP contribution in [0.1, 0.15) is 40.5 Å². The molecule has 4 heteroatoms. The van der Waals surface area contributed by atoms with E-state index in [0.717, 1.165) is 19.0 Å². The maximum Gasteiger partial charge on any atom is 0.208 e. The van der Waals surface area contributed by atoms with E-state index in [4.69, 9.17) is 5.84 Å². The second-order valence-corrected chi connectivity index (χ2v) is 5.48. The van der Waals surface area contributed by atoms with Crippen LogP contribution in [-0.4, -0.2) is 30.0 Å². The summed E-state index contributed by atoms with van der Waals surface area (Å²) < 4.78 is 0. The standard InChI is InChI=1S/C12H26N4/c1-9(2)7-14-12(15-13)16(8-10(3)4)11-5-6-11/h9-11H,5-8,13H2,1-4H3,(H,14,15). The average Bonchev–Trinajstić information content (AvgIpc) is 2.99. The summed E-state index contributed by atoms with van der Waals surface area (Å²) in [5.41, 5.74) is 2.76. The fourth-order valence-corrected chi connectivity index (χ4v) is 1.68. The summed E-state index contributed by atoms with van der Waals surface area (Å²) in [4.78, 5) is 6.89. The van der Waals surface area contributed by atoms with Gasteiger partial charge in [0.2, 0.25) is 5.96 Å². The summed E-state index contributed by atoms with van der Waals surface area (Å²) in [6.07, 6.45) is 2.55. The first-order valence-electron chi connectivity index (χ1n) is 6.32. The van der Waals surface area contributed by atoms with Crippen LogP contribution in [0.15, 0.2) is 4.99 Å². The van der Waals surface area contributed by atoms with Crippen LogP contribution in [0.2, 0.25) is 0 Å². The van der Waals surface area contributed by atoms with E-state index in [1.165, 1.54) is 12.8 Å². The Bertz CT molecular complexity index is 231. The highest BCUT2D eigenvalue weighted by atomic mass is 15.4. The highest BCUT2D eigenvalue weighted by molar-refractivity contribution is 5.80. The molecule has 0 atom stereocenters. The smallest absolute Gasteiger partial charge is 0.208 e. The Hall–Kier alpha value is -0.770. The van der Waals surface area contributed by atoms with E-state index in [0.29, 0.717) is 17.9 Å². The van der Waals surface area contributed by atoms with Crippen LogP contribution >= 0.6 is 0 Å². The number of aliphatic imine (C=N–C) groups is 1. The number of nitrogens with one attached hydrogen (secondary N) is 1. The Labute approximate surface area is 99.3 Å². The first-order chi connectivity index (χ1) is 7.54. The molecule has 0 aromatic rings. The maximum atomic E-state index is 5.58. The molecule has 0 saturated heterocycles. The van der Waals surface area contributed by atoms with Crippen LogP contribution in [0, 0.1) is 11.8 Å². The number of guanidine groups is 1. The van der Waals surface area contributed by atoms with Crippen molar-refractivity contribution >= 4 is 5.96 Å². The minimum Gasteiger partial charge on any atom is -0.339 e. The van der Waals surface area contributed by atoms with Gasteiger partial charge in [-0.15, -0.1) is 0 Å². The molecule has 0 bridgehead atoms. The number of hydrogen-bond acceptors (Lipinski definition) is 2. The molecule has 16 heavy (non-hydrogen) atoms. The quantitative estimate of drug-likeness (QED) is 0.324. The van der Waals surface area contributed by atoms with E-state index in [9.17, 15) is 0 Å². The zero-order valence-corrected chi connectivity index (χ0v) is 11.0. The van der Waals surface area contributed by atoms with Crippen molar-refractivity contribution in [2.24, 2.45) is 22.7 Å². The number of nitrogens with two attached hydrogens (primary N) is 1. The van der Waals surface area contributed by atoms with Crippen molar-refractivity contribution < 1.29 is 0 Å². The highest BCUT2D eigenvalue weighted by Gasteiger charge is 2.31. The normalized spacial score (nSPS) is 17.1. The Balaban J connectivity index is 2.61. The van der Waals surface area contributed by atoms with Gasteiger partial charge in [-0.3, -0.25) is 10.4 Å². The largest absolute Gasteiger partial charge is 0.339 e. The molecule has 3 N–H and O–H groups in total. The van der Waals surface area contributed by atoms with Gasteiger partial charge < -0.3 is 4.90 Å². The van der Waals surface area contributed by atoms with Gasteiger partial charge in [-0.05, 0) is 24.7 Å². The molecule has 0 amide bonds. The lowest BCUT2D eigenvalue weighted by Gasteiger charge is -2.27.